The first-order valence-corrected chi connectivity index (χ1v) is 8.39. The maximum absolute atomic E-state index is 12.2. The number of amides is 1. The van der Waals surface area contributed by atoms with Gasteiger partial charge in [0.2, 0.25) is 0 Å². The molecule has 3 rings (SSSR count). The van der Waals surface area contributed by atoms with Crippen LogP contribution in [0.15, 0.2) is 79.1 Å². The van der Waals surface area contributed by atoms with E-state index in [-0.39, 0.29) is 5.91 Å². The molecule has 0 unspecified atom stereocenters. The summed E-state index contributed by atoms with van der Waals surface area (Å²) in [6.45, 7) is 1.33. The van der Waals surface area contributed by atoms with Crippen molar-refractivity contribution in [1.29, 1.82) is 0 Å². The third-order valence-electron chi connectivity index (χ3n) is 3.66. The molecule has 0 aliphatic rings. The van der Waals surface area contributed by atoms with Gasteiger partial charge in [0.05, 0.1) is 0 Å². The van der Waals surface area contributed by atoms with Crippen LogP contribution in [0, 0.1) is 0 Å². The molecule has 0 spiro atoms. The lowest BCUT2D eigenvalue weighted by molar-refractivity contribution is 0.0951. The van der Waals surface area contributed by atoms with E-state index in [4.69, 9.17) is 9.47 Å². The molecule has 0 radical (unpaired) electrons. The van der Waals surface area contributed by atoms with Crippen LogP contribution in [-0.2, 0) is 6.54 Å². The maximum atomic E-state index is 12.2. The number of nitrogens with one attached hydrogen (secondary N) is 1. The van der Waals surface area contributed by atoms with Gasteiger partial charge >= 0.3 is 0 Å². The van der Waals surface area contributed by atoms with E-state index in [0.717, 1.165) is 11.3 Å². The van der Waals surface area contributed by atoms with Crippen molar-refractivity contribution in [2.24, 2.45) is 0 Å². The molecule has 5 nitrogen and oxygen atoms in total. The third kappa shape index (κ3) is 5.34. The second-order valence-corrected chi connectivity index (χ2v) is 5.58. The molecule has 3 aromatic rings. The van der Waals surface area contributed by atoms with Crippen LogP contribution in [0.2, 0.25) is 0 Å². The van der Waals surface area contributed by atoms with Crippen LogP contribution in [0.4, 0.5) is 0 Å². The van der Waals surface area contributed by atoms with Crippen LogP contribution >= 0.6 is 0 Å². The highest BCUT2D eigenvalue weighted by atomic mass is 16.5. The molecule has 0 atom stereocenters. The Morgan fingerprint density at radius 3 is 2.19 bits per heavy atom. The number of aromatic nitrogens is 1. The summed E-state index contributed by atoms with van der Waals surface area (Å²) in [4.78, 5) is 16.2. The van der Waals surface area contributed by atoms with Crippen LogP contribution in [0.25, 0.3) is 0 Å². The van der Waals surface area contributed by atoms with Gasteiger partial charge in [-0.2, -0.15) is 0 Å². The Hall–Kier alpha value is -3.34. The van der Waals surface area contributed by atoms with Crippen molar-refractivity contribution in [1.82, 2.24) is 10.3 Å². The molecule has 1 N–H and O–H groups in total. The summed E-state index contributed by atoms with van der Waals surface area (Å²) in [5.41, 5.74) is 1.54. The van der Waals surface area contributed by atoms with Crippen molar-refractivity contribution in [3.8, 4) is 11.5 Å². The van der Waals surface area contributed by atoms with Gasteiger partial charge < -0.3 is 14.8 Å². The number of carbonyl (C=O) groups is 1. The van der Waals surface area contributed by atoms with Gasteiger partial charge in [-0.1, -0.05) is 24.3 Å². The van der Waals surface area contributed by atoms with Gasteiger partial charge in [-0.3, -0.25) is 9.78 Å². The predicted molar refractivity (Wildman–Crippen MR) is 99.3 cm³/mol. The molecular formula is C21H20N2O3. The van der Waals surface area contributed by atoms with Crippen molar-refractivity contribution < 1.29 is 14.3 Å². The van der Waals surface area contributed by atoms with E-state index in [1.165, 1.54) is 0 Å². The Kier molecular flexibility index (Phi) is 6.20. The lowest BCUT2D eigenvalue weighted by Crippen LogP contribution is -2.22. The van der Waals surface area contributed by atoms with E-state index in [1.54, 1.807) is 36.7 Å². The molecule has 2 aromatic carbocycles. The molecule has 0 saturated carbocycles. The van der Waals surface area contributed by atoms with E-state index in [2.05, 4.69) is 10.3 Å². The number of pyridine rings is 1. The molecule has 0 aliphatic carbocycles. The number of hydrogen-bond donors (Lipinski definition) is 1. The second-order valence-electron chi connectivity index (χ2n) is 5.58. The lowest BCUT2D eigenvalue weighted by Gasteiger charge is -2.09. The first-order chi connectivity index (χ1) is 12.8. The van der Waals surface area contributed by atoms with Crippen molar-refractivity contribution in [3.63, 3.8) is 0 Å². The van der Waals surface area contributed by atoms with Crippen LogP contribution < -0.4 is 14.8 Å². The third-order valence-corrected chi connectivity index (χ3v) is 3.66. The number of carbonyl (C=O) groups excluding carboxylic acids is 1. The second kappa shape index (κ2) is 9.22. The number of rotatable bonds is 8. The fourth-order valence-electron chi connectivity index (χ4n) is 2.33. The molecular weight excluding hydrogens is 328 g/mol. The zero-order valence-electron chi connectivity index (χ0n) is 14.3. The van der Waals surface area contributed by atoms with Gasteiger partial charge in [0.25, 0.3) is 5.91 Å². The van der Waals surface area contributed by atoms with E-state index in [1.807, 2.05) is 42.5 Å². The summed E-state index contributed by atoms with van der Waals surface area (Å²) < 4.78 is 11.2. The summed E-state index contributed by atoms with van der Waals surface area (Å²) in [6.07, 6.45) is 3.43. The summed E-state index contributed by atoms with van der Waals surface area (Å²) in [5, 5.41) is 2.87. The quantitative estimate of drug-likeness (QED) is 0.633. The number of hydrogen-bond acceptors (Lipinski definition) is 4. The topological polar surface area (TPSA) is 60.5 Å². The Balaban J connectivity index is 1.42. The van der Waals surface area contributed by atoms with E-state index >= 15 is 0 Å². The Labute approximate surface area is 152 Å². The van der Waals surface area contributed by atoms with Crippen LogP contribution in [0.3, 0.4) is 0 Å². The lowest BCUT2D eigenvalue weighted by atomic mass is 10.2. The number of benzene rings is 2. The van der Waals surface area contributed by atoms with Gasteiger partial charge in [0, 0.05) is 24.5 Å². The van der Waals surface area contributed by atoms with Crippen molar-refractivity contribution in [2.45, 2.75) is 6.54 Å². The monoisotopic (exact) mass is 348 g/mol. The summed E-state index contributed by atoms with van der Waals surface area (Å²) >= 11 is 0. The largest absolute Gasteiger partial charge is 0.490 e. The first kappa shape index (κ1) is 17.5. The van der Waals surface area contributed by atoms with Crippen LogP contribution in [0.5, 0.6) is 11.5 Å². The van der Waals surface area contributed by atoms with Crippen molar-refractivity contribution >= 4 is 5.91 Å². The van der Waals surface area contributed by atoms with Gasteiger partial charge in [-0.25, -0.2) is 0 Å². The molecule has 0 saturated heterocycles. The average Bonchev–Trinajstić information content (AvgIpc) is 2.71. The highest BCUT2D eigenvalue weighted by Gasteiger charge is 2.05. The molecule has 1 aromatic heterocycles. The zero-order valence-corrected chi connectivity index (χ0v) is 14.3. The van der Waals surface area contributed by atoms with E-state index in [9.17, 15) is 4.79 Å². The van der Waals surface area contributed by atoms with Crippen molar-refractivity contribution in [2.75, 3.05) is 13.2 Å². The molecule has 1 amide bonds. The molecule has 0 bridgehead atoms. The molecule has 0 fully saturated rings. The minimum absolute atomic E-state index is 0.132. The van der Waals surface area contributed by atoms with E-state index in [0.29, 0.717) is 31.1 Å². The van der Waals surface area contributed by atoms with E-state index < -0.39 is 0 Å². The number of nitrogens with zero attached hydrogens (tertiary/aromatic N) is 1. The fraction of sp³-hybridized carbons (Fsp3) is 0.143. The normalized spacial score (nSPS) is 10.2. The highest BCUT2D eigenvalue weighted by molar-refractivity contribution is 5.94. The average molecular weight is 348 g/mol. The molecule has 0 aliphatic heterocycles. The molecule has 132 valence electrons. The van der Waals surface area contributed by atoms with Crippen LogP contribution in [-0.4, -0.2) is 24.1 Å². The number of para-hydroxylation sites is 1. The summed E-state index contributed by atoms with van der Waals surface area (Å²) in [5.74, 6) is 1.38. The van der Waals surface area contributed by atoms with Gasteiger partial charge in [0.15, 0.2) is 0 Å². The van der Waals surface area contributed by atoms with Crippen LogP contribution in [0.1, 0.15) is 15.9 Å². The first-order valence-electron chi connectivity index (χ1n) is 8.39. The van der Waals surface area contributed by atoms with Crippen molar-refractivity contribution in [3.05, 3.63) is 90.3 Å². The molecule has 5 heteroatoms. The Morgan fingerprint density at radius 2 is 1.54 bits per heavy atom. The van der Waals surface area contributed by atoms with Gasteiger partial charge in [0.1, 0.15) is 24.7 Å². The summed E-state index contributed by atoms with van der Waals surface area (Å²) in [6, 6.07) is 20.4. The Morgan fingerprint density at radius 1 is 0.846 bits per heavy atom. The highest BCUT2D eigenvalue weighted by Crippen LogP contribution is 2.13. The SMILES string of the molecule is O=C(NCc1cccnc1)c1ccc(OCCOc2ccccc2)cc1. The smallest absolute Gasteiger partial charge is 0.251 e. The Bertz CT molecular complexity index is 806. The zero-order chi connectivity index (χ0) is 18.0. The maximum Gasteiger partial charge on any atom is 0.251 e. The van der Waals surface area contributed by atoms with Gasteiger partial charge in [-0.05, 0) is 48.0 Å². The number of ether oxygens (including phenoxy) is 2. The minimum atomic E-state index is -0.132. The predicted octanol–water partition coefficient (Wildman–Crippen LogP) is 3.47. The standard InChI is InChI=1S/C21H20N2O3/c24-21(23-16-17-5-4-12-22-15-17)18-8-10-20(11-9-18)26-14-13-25-19-6-2-1-3-7-19/h1-12,15H,13-14,16H2,(H,23,24). The minimum Gasteiger partial charge on any atom is -0.490 e. The molecule has 1 heterocycles. The van der Waals surface area contributed by atoms with Gasteiger partial charge in [-0.15, -0.1) is 0 Å². The summed E-state index contributed by atoms with van der Waals surface area (Å²) in [7, 11) is 0. The fourth-order valence-corrected chi connectivity index (χ4v) is 2.33. The molecule has 26 heavy (non-hydrogen) atoms.